The zero-order valence-electron chi connectivity index (χ0n) is 9.87. The molecule has 17 heavy (non-hydrogen) atoms. The van der Waals surface area contributed by atoms with E-state index < -0.39 is 12.0 Å². The Kier molecular flexibility index (Phi) is 3.10. The molecule has 0 amide bonds. The van der Waals surface area contributed by atoms with E-state index in [2.05, 4.69) is 4.98 Å². The van der Waals surface area contributed by atoms with Gasteiger partial charge < -0.3 is 9.51 Å². The van der Waals surface area contributed by atoms with Crippen molar-refractivity contribution in [1.82, 2.24) is 14.3 Å². The number of aromatic nitrogens is 2. The third kappa shape index (κ3) is 2.45. The molecule has 0 aromatic carbocycles. The highest BCUT2D eigenvalue weighted by Gasteiger charge is 2.17. The van der Waals surface area contributed by atoms with E-state index in [0.29, 0.717) is 6.54 Å². The highest BCUT2D eigenvalue weighted by Crippen LogP contribution is 2.08. The number of carboxylic acid groups (broad SMARTS) is 1. The largest absolute Gasteiger partial charge is 0.480 e. The predicted molar refractivity (Wildman–Crippen MR) is 63.8 cm³/mol. The lowest BCUT2D eigenvalue weighted by Crippen LogP contribution is -2.35. The molecule has 2 aromatic heterocycles. The number of aliphatic carboxylic acids is 1. The van der Waals surface area contributed by atoms with Crippen LogP contribution in [0.25, 0.3) is 5.65 Å². The smallest absolute Gasteiger partial charge is 0.320 e. The highest BCUT2D eigenvalue weighted by molar-refractivity contribution is 5.72. The van der Waals surface area contributed by atoms with Gasteiger partial charge in [0.25, 0.3) is 0 Å². The molecule has 2 heterocycles. The number of rotatable bonds is 4. The quantitative estimate of drug-likeness (QED) is 0.863. The number of nitrogens with zero attached hydrogens (tertiary/aromatic N) is 3. The van der Waals surface area contributed by atoms with E-state index in [0.717, 1.165) is 11.3 Å². The Morgan fingerprint density at radius 3 is 3.00 bits per heavy atom. The first kappa shape index (κ1) is 11.6. The molecule has 5 nitrogen and oxygen atoms in total. The summed E-state index contributed by atoms with van der Waals surface area (Å²) in [7, 11) is 1.78. The molecule has 0 radical (unpaired) electrons. The van der Waals surface area contributed by atoms with Crippen molar-refractivity contribution >= 4 is 11.6 Å². The normalized spacial score (nSPS) is 13.1. The molecular weight excluding hydrogens is 218 g/mol. The summed E-state index contributed by atoms with van der Waals surface area (Å²) in [5, 5.41) is 8.90. The maximum Gasteiger partial charge on any atom is 0.320 e. The van der Waals surface area contributed by atoms with Gasteiger partial charge >= 0.3 is 5.97 Å². The van der Waals surface area contributed by atoms with E-state index in [4.69, 9.17) is 5.11 Å². The van der Waals surface area contributed by atoms with Crippen LogP contribution < -0.4 is 0 Å². The van der Waals surface area contributed by atoms with Gasteiger partial charge in [0, 0.05) is 18.9 Å². The zero-order valence-corrected chi connectivity index (χ0v) is 9.87. The monoisotopic (exact) mass is 233 g/mol. The summed E-state index contributed by atoms with van der Waals surface area (Å²) in [5.41, 5.74) is 1.74. The maximum absolute atomic E-state index is 10.8. The summed E-state index contributed by atoms with van der Waals surface area (Å²) in [6.07, 6.45) is 3.84. The second kappa shape index (κ2) is 4.55. The Morgan fingerprint density at radius 2 is 2.35 bits per heavy atom. The molecule has 90 valence electrons. The van der Waals surface area contributed by atoms with Gasteiger partial charge in [-0.05, 0) is 26.1 Å². The number of pyridine rings is 1. The minimum atomic E-state index is -0.823. The second-order valence-electron chi connectivity index (χ2n) is 4.13. The van der Waals surface area contributed by atoms with Gasteiger partial charge in [-0.15, -0.1) is 0 Å². The van der Waals surface area contributed by atoms with Crippen LogP contribution in [0, 0.1) is 0 Å². The average molecular weight is 233 g/mol. The lowest BCUT2D eigenvalue weighted by atomic mass is 10.3. The van der Waals surface area contributed by atoms with Gasteiger partial charge in [-0.3, -0.25) is 9.69 Å². The molecule has 0 aliphatic carbocycles. The first-order chi connectivity index (χ1) is 8.08. The number of carbonyl (C=O) groups is 1. The number of hydrogen-bond acceptors (Lipinski definition) is 3. The van der Waals surface area contributed by atoms with Crippen LogP contribution in [-0.2, 0) is 11.3 Å². The van der Waals surface area contributed by atoms with Crippen LogP contribution in [-0.4, -0.2) is 38.4 Å². The molecule has 1 N–H and O–H groups in total. The fraction of sp³-hybridized carbons (Fsp3) is 0.333. The summed E-state index contributed by atoms with van der Waals surface area (Å²) in [4.78, 5) is 17.0. The van der Waals surface area contributed by atoms with Crippen molar-refractivity contribution in [3.05, 3.63) is 36.3 Å². The van der Waals surface area contributed by atoms with E-state index in [1.807, 2.05) is 35.0 Å². The fourth-order valence-electron chi connectivity index (χ4n) is 1.64. The first-order valence-corrected chi connectivity index (χ1v) is 5.43. The molecule has 0 saturated heterocycles. The van der Waals surface area contributed by atoms with E-state index in [1.165, 1.54) is 0 Å². The minimum absolute atomic E-state index is 0.514. The summed E-state index contributed by atoms with van der Waals surface area (Å²) in [6, 6.07) is 5.27. The second-order valence-corrected chi connectivity index (χ2v) is 4.13. The fourth-order valence-corrected chi connectivity index (χ4v) is 1.64. The van der Waals surface area contributed by atoms with E-state index in [1.54, 1.807) is 18.9 Å². The molecule has 2 rings (SSSR count). The summed E-state index contributed by atoms with van der Waals surface area (Å²) < 4.78 is 1.93. The Morgan fingerprint density at radius 1 is 1.59 bits per heavy atom. The Balaban J connectivity index is 2.15. The number of hydrogen-bond donors (Lipinski definition) is 1. The topological polar surface area (TPSA) is 57.8 Å². The van der Waals surface area contributed by atoms with Crippen molar-refractivity contribution in [2.75, 3.05) is 7.05 Å². The van der Waals surface area contributed by atoms with Gasteiger partial charge in [-0.25, -0.2) is 4.98 Å². The summed E-state index contributed by atoms with van der Waals surface area (Å²) in [5.74, 6) is -0.823. The maximum atomic E-state index is 10.8. The van der Waals surface area contributed by atoms with E-state index >= 15 is 0 Å². The standard InChI is InChI=1S/C12H15N3O2/c1-9(12(16)17)14(2)7-10-8-15-6-4-3-5-11(15)13-10/h3-6,8-9H,7H2,1-2H3,(H,16,17). The Bertz CT molecular complexity index is 502. The molecule has 1 unspecified atom stereocenters. The SMILES string of the molecule is CC(C(=O)O)N(C)Cc1cn2ccccc2n1. The van der Waals surface area contributed by atoms with Crippen LogP contribution in [0.3, 0.4) is 0 Å². The van der Waals surface area contributed by atoms with Gasteiger partial charge in [0.2, 0.25) is 0 Å². The van der Waals surface area contributed by atoms with E-state index in [9.17, 15) is 4.79 Å². The highest BCUT2D eigenvalue weighted by atomic mass is 16.4. The van der Waals surface area contributed by atoms with Gasteiger partial charge in [-0.2, -0.15) is 0 Å². The molecule has 1 atom stereocenters. The van der Waals surface area contributed by atoms with Crippen LogP contribution >= 0.6 is 0 Å². The molecule has 0 bridgehead atoms. The van der Waals surface area contributed by atoms with Gasteiger partial charge in [0.1, 0.15) is 11.7 Å². The number of fused-ring (bicyclic) bond motifs is 1. The van der Waals surface area contributed by atoms with E-state index in [-0.39, 0.29) is 0 Å². The van der Waals surface area contributed by atoms with Crippen molar-refractivity contribution in [1.29, 1.82) is 0 Å². The molecule has 0 aliphatic heterocycles. The van der Waals surface area contributed by atoms with Crippen molar-refractivity contribution in [3.8, 4) is 0 Å². The zero-order chi connectivity index (χ0) is 12.4. The Hall–Kier alpha value is -1.88. The van der Waals surface area contributed by atoms with Crippen LogP contribution in [0.15, 0.2) is 30.6 Å². The average Bonchev–Trinajstić information content (AvgIpc) is 2.69. The molecule has 0 saturated carbocycles. The van der Waals surface area contributed by atoms with Crippen molar-refractivity contribution in [2.45, 2.75) is 19.5 Å². The molecule has 0 fully saturated rings. The lowest BCUT2D eigenvalue weighted by molar-refractivity contribution is -0.142. The van der Waals surface area contributed by atoms with Crippen molar-refractivity contribution < 1.29 is 9.90 Å². The third-order valence-electron chi connectivity index (χ3n) is 2.84. The molecule has 2 aromatic rings. The molecule has 0 aliphatic rings. The van der Waals surface area contributed by atoms with Gasteiger partial charge in [-0.1, -0.05) is 6.07 Å². The van der Waals surface area contributed by atoms with Crippen molar-refractivity contribution in [2.24, 2.45) is 0 Å². The lowest BCUT2D eigenvalue weighted by Gasteiger charge is -2.19. The number of likely N-dealkylation sites (N-methyl/N-ethyl adjacent to an activating group) is 1. The molecular formula is C12H15N3O2. The van der Waals surface area contributed by atoms with Gasteiger partial charge in [0.05, 0.1) is 5.69 Å². The van der Waals surface area contributed by atoms with Crippen LogP contribution in [0.5, 0.6) is 0 Å². The van der Waals surface area contributed by atoms with Gasteiger partial charge in [0.15, 0.2) is 0 Å². The van der Waals surface area contributed by atoms with Crippen LogP contribution in [0.1, 0.15) is 12.6 Å². The summed E-state index contributed by atoms with van der Waals surface area (Å²) in [6.45, 7) is 2.19. The van der Waals surface area contributed by atoms with Crippen LogP contribution in [0.4, 0.5) is 0 Å². The minimum Gasteiger partial charge on any atom is -0.480 e. The first-order valence-electron chi connectivity index (χ1n) is 5.43. The van der Waals surface area contributed by atoms with Crippen LogP contribution in [0.2, 0.25) is 0 Å². The summed E-state index contributed by atoms with van der Waals surface area (Å²) >= 11 is 0. The number of carboxylic acids is 1. The predicted octanol–water partition coefficient (Wildman–Crippen LogP) is 1.24. The Labute approximate surface area is 99.3 Å². The third-order valence-corrected chi connectivity index (χ3v) is 2.84. The molecule has 0 spiro atoms. The molecule has 5 heteroatoms. The van der Waals surface area contributed by atoms with Crippen molar-refractivity contribution in [3.63, 3.8) is 0 Å². The number of imidazole rings is 1.